The Balaban J connectivity index is 1.76. The molecule has 1 N–H and O–H groups in total. The zero-order chi connectivity index (χ0) is 25.6. The summed E-state index contributed by atoms with van der Waals surface area (Å²) in [4.78, 5) is 28.6. The fourth-order valence-electron chi connectivity index (χ4n) is 5.13. The molecule has 0 fully saturated rings. The van der Waals surface area contributed by atoms with Gasteiger partial charge in [-0.1, -0.05) is 12.1 Å². The first kappa shape index (κ1) is 23.5. The van der Waals surface area contributed by atoms with Crippen LogP contribution in [0.5, 0.6) is 11.5 Å². The molecular weight excluding hydrogens is 460 g/mol. The summed E-state index contributed by atoms with van der Waals surface area (Å²) in [5.41, 5.74) is 7.10. The van der Waals surface area contributed by atoms with Crippen molar-refractivity contribution < 1.29 is 28.5 Å². The minimum atomic E-state index is -0.434. The van der Waals surface area contributed by atoms with Crippen LogP contribution in [0.2, 0.25) is 0 Å². The molecule has 0 saturated carbocycles. The van der Waals surface area contributed by atoms with Crippen molar-refractivity contribution >= 4 is 22.8 Å². The second-order valence-electron chi connectivity index (χ2n) is 8.65. The Hall–Kier alpha value is -4.20. The Labute approximate surface area is 208 Å². The third kappa shape index (κ3) is 3.61. The lowest BCUT2D eigenvalue weighted by molar-refractivity contribution is 0.0527. The van der Waals surface area contributed by atoms with Crippen LogP contribution in [0.1, 0.15) is 39.0 Å². The average molecular weight is 489 g/mol. The van der Waals surface area contributed by atoms with E-state index in [1.54, 1.807) is 27.2 Å². The van der Waals surface area contributed by atoms with Crippen LogP contribution in [0.3, 0.4) is 0 Å². The lowest BCUT2D eigenvalue weighted by atomic mass is 9.93. The highest BCUT2D eigenvalue weighted by Crippen LogP contribution is 2.45. The standard InChI is InChI=1S/C28H28N2O6/c1-6-36-28(32)25-24(18-8-7-17-11-21(27(31)35-5)29-20(17)12-18)15(2)30-10-9-16-13-22(33-3)23(34-4)14-19(16)26(25)30/h7-8,11-14,29H,6,9-10H2,1-5H3. The Morgan fingerprint density at radius 3 is 2.44 bits per heavy atom. The Morgan fingerprint density at radius 2 is 1.75 bits per heavy atom. The summed E-state index contributed by atoms with van der Waals surface area (Å²) in [6.07, 6.45) is 0.790. The maximum atomic E-state index is 13.4. The molecule has 8 nitrogen and oxygen atoms in total. The number of benzene rings is 2. The first-order chi connectivity index (χ1) is 17.4. The minimum absolute atomic E-state index is 0.263. The van der Waals surface area contributed by atoms with Gasteiger partial charge in [0.25, 0.3) is 0 Å². The van der Waals surface area contributed by atoms with Crippen molar-refractivity contribution in [2.24, 2.45) is 0 Å². The van der Waals surface area contributed by atoms with Crippen molar-refractivity contribution in [2.45, 2.75) is 26.8 Å². The number of aromatic amines is 1. The van der Waals surface area contributed by atoms with Crippen molar-refractivity contribution in [1.82, 2.24) is 9.55 Å². The van der Waals surface area contributed by atoms with Crippen LogP contribution >= 0.6 is 0 Å². The van der Waals surface area contributed by atoms with Crippen molar-refractivity contribution in [3.63, 3.8) is 0 Å². The van der Waals surface area contributed by atoms with Gasteiger partial charge >= 0.3 is 11.9 Å². The van der Waals surface area contributed by atoms with Crippen LogP contribution in [0.25, 0.3) is 33.3 Å². The number of hydrogen-bond acceptors (Lipinski definition) is 6. The smallest absolute Gasteiger partial charge is 0.354 e. The van der Waals surface area contributed by atoms with E-state index in [1.807, 2.05) is 37.3 Å². The van der Waals surface area contributed by atoms with Crippen LogP contribution in [-0.2, 0) is 22.4 Å². The first-order valence-electron chi connectivity index (χ1n) is 11.8. The number of aromatic nitrogens is 2. The molecule has 36 heavy (non-hydrogen) atoms. The van der Waals surface area contributed by atoms with Gasteiger partial charge in [0.1, 0.15) is 5.69 Å². The van der Waals surface area contributed by atoms with Crippen molar-refractivity contribution in [3.8, 4) is 33.9 Å². The summed E-state index contributed by atoms with van der Waals surface area (Å²) in [7, 11) is 4.57. The van der Waals surface area contributed by atoms with E-state index in [-0.39, 0.29) is 12.6 Å². The molecule has 3 heterocycles. The van der Waals surface area contributed by atoms with E-state index >= 15 is 0 Å². The summed E-state index contributed by atoms with van der Waals surface area (Å²) >= 11 is 0. The largest absolute Gasteiger partial charge is 0.493 e. The highest BCUT2D eigenvalue weighted by molar-refractivity contribution is 6.06. The second kappa shape index (κ2) is 9.11. The predicted molar refractivity (Wildman–Crippen MR) is 136 cm³/mol. The van der Waals surface area contributed by atoms with Gasteiger partial charge in [0, 0.05) is 34.3 Å². The van der Waals surface area contributed by atoms with Crippen LogP contribution < -0.4 is 9.47 Å². The molecule has 2 aromatic heterocycles. The molecule has 0 spiro atoms. The molecule has 186 valence electrons. The van der Waals surface area contributed by atoms with Gasteiger partial charge in [-0.3, -0.25) is 0 Å². The monoisotopic (exact) mass is 488 g/mol. The molecule has 0 aliphatic carbocycles. The number of esters is 2. The van der Waals surface area contributed by atoms with Crippen LogP contribution in [0.15, 0.2) is 36.4 Å². The molecule has 1 aliphatic rings. The SMILES string of the molecule is CCOC(=O)c1c(-c2ccc3cc(C(=O)OC)[nH]c3c2)c(C)n2c1-c1cc(OC)c(OC)cc1CC2. The number of carbonyl (C=O) groups is 2. The zero-order valence-electron chi connectivity index (χ0n) is 21.0. The lowest BCUT2D eigenvalue weighted by Gasteiger charge is -2.23. The highest BCUT2D eigenvalue weighted by atomic mass is 16.5. The molecule has 0 radical (unpaired) electrons. The zero-order valence-corrected chi connectivity index (χ0v) is 21.0. The number of fused-ring (bicyclic) bond motifs is 4. The molecule has 0 unspecified atom stereocenters. The van der Waals surface area contributed by atoms with Gasteiger partial charge in [-0.2, -0.15) is 0 Å². The maximum Gasteiger partial charge on any atom is 0.354 e. The quantitative estimate of drug-likeness (QED) is 0.378. The number of aryl methyl sites for hydroxylation is 1. The van der Waals surface area contributed by atoms with E-state index < -0.39 is 5.97 Å². The van der Waals surface area contributed by atoms with Crippen molar-refractivity contribution in [1.29, 1.82) is 0 Å². The first-order valence-corrected chi connectivity index (χ1v) is 11.8. The molecule has 0 atom stereocenters. The lowest BCUT2D eigenvalue weighted by Crippen LogP contribution is -2.15. The number of carbonyl (C=O) groups excluding carboxylic acids is 2. The molecule has 8 heteroatoms. The molecular formula is C28H28N2O6. The molecule has 4 aromatic rings. The number of nitrogens with one attached hydrogen (secondary N) is 1. The third-order valence-electron chi connectivity index (χ3n) is 6.79. The topological polar surface area (TPSA) is 91.8 Å². The number of nitrogens with zero attached hydrogens (tertiary/aromatic N) is 1. The van der Waals surface area contributed by atoms with Crippen molar-refractivity contribution in [3.05, 3.63) is 58.9 Å². The highest BCUT2D eigenvalue weighted by Gasteiger charge is 2.32. The Morgan fingerprint density at radius 1 is 1.00 bits per heavy atom. The van der Waals surface area contributed by atoms with E-state index in [1.165, 1.54) is 7.11 Å². The van der Waals surface area contributed by atoms with Gasteiger partial charge in [-0.05, 0) is 55.7 Å². The van der Waals surface area contributed by atoms with Gasteiger partial charge in [-0.25, -0.2) is 9.59 Å². The summed E-state index contributed by atoms with van der Waals surface area (Å²) in [6.45, 7) is 4.80. The van der Waals surface area contributed by atoms with Gasteiger partial charge in [0.15, 0.2) is 11.5 Å². The molecule has 0 saturated heterocycles. The van der Waals surface area contributed by atoms with Crippen LogP contribution in [0.4, 0.5) is 0 Å². The average Bonchev–Trinajstić information content (AvgIpc) is 3.45. The van der Waals surface area contributed by atoms with Gasteiger partial charge in [0.2, 0.25) is 0 Å². The summed E-state index contributed by atoms with van der Waals surface area (Å²) < 4.78 is 23.7. The Kier molecular flexibility index (Phi) is 5.96. The number of ether oxygens (including phenoxy) is 4. The van der Waals surface area contributed by atoms with E-state index in [0.717, 1.165) is 51.0 Å². The van der Waals surface area contributed by atoms with Gasteiger partial charge in [-0.15, -0.1) is 0 Å². The molecule has 1 aliphatic heterocycles. The van der Waals surface area contributed by atoms with Crippen LogP contribution in [0, 0.1) is 6.92 Å². The van der Waals surface area contributed by atoms with Gasteiger partial charge in [0.05, 0.1) is 39.2 Å². The molecule has 2 aromatic carbocycles. The van der Waals surface area contributed by atoms with E-state index in [2.05, 4.69) is 9.55 Å². The number of rotatable bonds is 6. The predicted octanol–water partition coefficient (Wildman–Crippen LogP) is 5.15. The fraction of sp³-hybridized carbons (Fsp3) is 0.286. The maximum absolute atomic E-state index is 13.4. The number of H-pyrrole nitrogens is 1. The van der Waals surface area contributed by atoms with E-state index in [0.29, 0.717) is 29.3 Å². The molecule has 5 rings (SSSR count). The third-order valence-corrected chi connectivity index (χ3v) is 6.79. The van der Waals surface area contributed by atoms with Crippen LogP contribution in [-0.4, -0.2) is 49.4 Å². The minimum Gasteiger partial charge on any atom is -0.493 e. The summed E-state index contributed by atoms with van der Waals surface area (Å²) in [6, 6.07) is 11.5. The Bertz CT molecular complexity index is 1510. The van der Waals surface area contributed by atoms with E-state index in [9.17, 15) is 9.59 Å². The molecule has 0 bridgehead atoms. The van der Waals surface area contributed by atoms with Crippen molar-refractivity contribution in [2.75, 3.05) is 27.9 Å². The number of hydrogen-bond donors (Lipinski definition) is 1. The van der Waals surface area contributed by atoms with Gasteiger partial charge < -0.3 is 28.5 Å². The van der Waals surface area contributed by atoms with E-state index in [4.69, 9.17) is 18.9 Å². The fourth-order valence-corrected chi connectivity index (χ4v) is 5.13. The summed E-state index contributed by atoms with van der Waals surface area (Å²) in [5.74, 6) is 0.442. The summed E-state index contributed by atoms with van der Waals surface area (Å²) in [5, 5.41) is 0.876. The second-order valence-corrected chi connectivity index (χ2v) is 8.65. The molecule has 0 amide bonds. The number of methoxy groups -OCH3 is 3. The normalized spacial score (nSPS) is 12.1.